The van der Waals surface area contributed by atoms with Gasteiger partial charge in [0.25, 0.3) is 0 Å². The van der Waals surface area contributed by atoms with Crippen molar-refractivity contribution in [1.29, 1.82) is 0 Å². The molecule has 0 N–H and O–H groups in total. The third-order valence-electron chi connectivity index (χ3n) is 8.99. The summed E-state index contributed by atoms with van der Waals surface area (Å²) < 4.78 is 9.78. The Balaban J connectivity index is 2.03. The zero-order valence-corrected chi connectivity index (χ0v) is 33.7. The van der Waals surface area contributed by atoms with E-state index < -0.39 is 22.2 Å². The number of hydrogen-bond donors (Lipinski definition) is 0. The molecule has 0 saturated carbocycles. The van der Waals surface area contributed by atoms with E-state index in [1.54, 1.807) is 0 Å². The molecule has 2 nitrogen and oxygen atoms in total. The predicted octanol–water partition coefficient (Wildman–Crippen LogP) is 10.7. The standard InChI is InChI=1S/C37H53NOP.ClH.Tl/c1-10-17-27(3)25-36(7,8)31-23-29(35(4,5)6)24-32(34(31)39)37(9,22-11-2)40-33-21-16-15-18-28(33)26-38-30-19-13-12-14-20-30;;/h12-16,18-21,23-24,27,39-40H,10-11,17,22,25-26H2,1-9H3;1H;/q-1;;+3/p-2. The molecule has 1 heterocycles. The van der Waals surface area contributed by atoms with E-state index in [-0.39, 0.29) is 16.0 Å². The molecule has 0 amide bonds. The van der Waals surface area contributed by atoms with Crippen molar-refractivity contribution in [3.05, 3.63) is 89.0 Å². The van der Waals surface area contributed by atoms with Crippen LogP contribution in [0.15, 0.2) is 66.7 Å². The van der Waals surface area contributed by atoms with E-state index in [9.17, 15) is 0 Å². The number of para-hydroxylation sites is 1. The van der Waals surface area contributed by atoms with Crippen LogP contribution < -0.4 is 10.7 Å². The van der Waals surface area contributed by atoms with Crippen molar-refractivity contribution >= 4 is 50.1 Å². The van der Waals surface area contributed by atoms with Gasteiger partial charge in [0.05, 0.1) is 0 Å². The molecule has 0 saturated heterocycles. The van der Waals surface area contributed by atoms with Gasteiger partial charge in [-0.1, -0.05) is 0 Å². The number of benzene rings is 3. The van der Waals surface area contributed by atoms with Crippen LogP contribution in [0.4, 0.5) is 5.69 Å². The molecule has 3 unspecified atom stereocenters. The molecule has 0 spiro atoms. The fraction of sp³-hybridized carbons (Fsp3) is 0.514. The molecular weight excluding hydrogens is 745 g/mol. The average Bonchev–Trinajstić information content (AvgIpc) is 2.91. The van der Waals surface area contributed by atoms with Gasteiger partial charge in [-0.3, -0.25) is 0 Å². The molecule has 3 aromatic rings. The molecule has 3 atom stereocenters. The second kappa shape index (κ2) is 13.9. The Morgan fingerprint density at radius 3 is 2.29 bits per heavy atom. The maximum atomic E-state index is 7.62. The van der Waals surface area contributed by atoms with E-state index in [0.717, 1.165) is 31.6 Å². The summed E-state index contributed by atoms with van der Waals surface area (Å²) in [4.78, 5) is 0. The minimum atomic E-state index is -3.49. The molecule has 3 aromatic carbocycles. The maximum absolute atomic E-state index is 7.62. The van der Waals surface area contributed by atoms with Gasteiger partial charge in [0.2, 0.25) is 0 Å². The number of rotatable bonds is 8. The van der Waals surface area contributed by atoms with E-state index in [4.69, 9.17) is 11.0 Å². The van der Waals surface area contributed by atoms with Crippen molar-refractivity contribution in [3.8, 4) is 5.75 Å². The van der Waals surface area contributed by atoms with Crippen LogP contribution in [0.1, 0.15) is 117 Å². The zero-order chi connectivity index (χ0) is 30.7. The minimum absolute atomic E-state index is 0.0269. The summed E-state index contributed by atoms with van der Waals surface area (Å²) in [6.45, 7) is 22.3. The van der Waals surface area contributed by atoms with Crippen molar-refractivity contribution in [2.24, 2.45) is 5.92 Å². The van der Waals surface area contributed by atoms with E-state index in [0.29, 0.717) is 14.5 Å². The Labute approximate surface area is 271 Å². The summed E-state index contributed by atoms with van der Waals surface area (Å²) in [7, 11) is 8.26. The monoisotopic (exact) mass is 797 g/mol. The first-order chi connectivity index (χ1) is 19.8. The topological polar surface area (TPSA) is 12.5 Å². The van der Waals surface area contributed by atoms with Crippen LogP contribution in [0, 0.1) is 5.92 Å². The first-order valence-electron chi connectivity index (χ1n) is 16.0. The second-order valence-electron chi connectivity index (χ2n) is 14.4. The number of anilines is 1. The van der Waals surface area contributed by atoms with E-state index in [1.165, 1.54) is 46.1 Å². The molecule has 4 rings (SSSR count). The normalized spacial score (nSPS) is 19.2. The molecule has 0 fully saturated rings. The summed E-state index contributed by atoms with van der Waals surface area (Å²) in [5, 5.41) is 1.42. The third kappa shape index (κ3) is 7.75. The van der Waals surface area contributed by atoms with Gasteiger partial charge in [0, 0.05) is 0 Å². The second-order valence-corrected chi connectivity index (χ2v) is 25.1. The molecule has 0 bridgehead atoms. The van der Waals surface area contributed by atoms with Gasteiger partial charge in [-0.05, 0) is 0 Å². The summed E-state index contributed by atoms with van der Waals surface area (Å²) in [5.74, 6) is 1.74. The van der Waals surface area contributed by atoms with E-state index in [2.05, 4.69) is 132 Å². The quantitative estimate of drug-likeness (QED) is 0.166. The Bertz CT molecular complexity index is 1340. The summed E-state index contributed by atoms with van der Waals surface area (Å²) in [5.41, 5.74) is 6.65. The van der Waals surface area contributed by atoms with Crippen LogP contribution in [-0.2, 0) is 22.5 Å². The molecule has 226 valence electrons. The summed E-state index contributed by atoms with van der Waals surface area (Å²) in [6, 6.07) is 24.7. The van der Waals surface area contributed by atoms with Gasteiger partial charge in [0.1, 0.15) is 0 Å². The fourth-order valence-electron chi connectivity index (χ4n) is 6.76. The number of fused-ring (bicyclic) bond motifs is 2. The summed E-state index contributed by atoms with van der Waals surface area (Å²) in [6.07, 6.45) is 5.84. The average molecular weight is 798 g/mol. The van der Waals surface area contributed by atoms with Crippen LogP contribution in [-0.4, -0.2) is 22.2 Å². The van der Waals surface area contributed by atoms with Gasteiger partial charge in [-0.15, -0.1) is 0 Å². The van der Waals surface area contributed by atoms with Crippen LogP contribution in [0.25, 0.3) is 0 Å². The van der Waals surface area contributed by atoms with Gasteiger partial charge in [-0.25, -0.2) is 0 Å². The predicted molar refractivity (Wildman–Crippen MR) is 188 cm³/mol. The molecule has 0 radical (unpaired) electrons. The first-order valence-corrected chi connectivity index (χ1v) is 26.3. The van der Waals surface area contributed by atoms with Gasteiger partial charge in [0.15, 0.2) is 0 Å². The van der Waals surface area contributed by atoms with Gasteiger partial charge >= 0.3 is 273 Å². The van der Waals surface area contributed by atoms with Crippen LogP contribution in [0.5, 0.6) is 5.75 Å². The number of halogens is 1. The van der Waals surface area contributed by atoms with Crippen LogP contribution >= 0.6 is 16.9 Å². The van der Waals surface area contributed by atoms with Gasteiger partial charge in [-0.2, -0.15) is 0 Å². The zero-order valence-electron chi connectivity index (χ0n) is 27.5. The van der Waals surface area contributed by atoms with Gasteiger partial charge < -0.3 is 0 Å². The first kappa shape index (κ1) is 33.8. The Hall–Kier alpha value is -1.10. The molecule has 1 aliphatic rings. The SMILES string of the molecule is CCCC(C)CC(C)(C)c1cc(C(C)(C)C)cc2c1[O][Tl]([Cl])[N](c1ccccc1)Cc1ccccc1PC2(C)CCC. The van der Waals surface area contributed by atoms with E-state index in [1.807, 2.05) is 0 Å². The van der Waals surface area contributed by atoms with Crippen molar-refractivity contribution < 1.29 is 2.69 Å². The third-order valence-corrected chi connectivity index (χ3v) is 19.1. The van der Waals surface area contributed by atoms with Crippen molar-refractivity contribution in [1.82, 2.24) is 0 Å². The Morgan fingerprint density at radius 1 is 0.976 bits per heavy atom. The van der Waals surface area contributed by atoms with Crippen LogP contribution in [0.3, 0.4) is 0 Å². The molecule has 5 heteroatoms. The summed E-state index contributed by atoms with van der Waals surface area (Å²) >= 11 is -3.49. The van der Waals surface area contributed by atoms with Crippen LogP contribution in [0.2, 0.25) is 0 Å². The Kier molecular flexibility index (Phi) is 11.2. The molecule has 1 aliphatic heterocycles. The van der Waals surface area contributed by atoms with Crippen molar-refractivity contribution in [2.45, 2.75) is 117 Å². The van der Waals surface area contributed by atoms with Crippen molar-refractivity contribution in [3.63, 3.8) is 0 Å². The molecule has 0 aliphatic carbocycles. The fourth-order valence-corrected chi connectivity index (χ4v) is 16.1. The number of hydrogen-bond acceptors (Lipinski definition) is 2. The molecular formula is C37H52ClNOPTl. The van der Waals surface area contributed by atoms with E-state index >= 15 is 0 Å². The Morgan fingerprint density at radius 2 is 1.64 bits per heavy atom. The number of nitrogens with zero attached hydrogens (tertiary/aromatic N) is 1. The molecule has 0 aromatic heterocycles. The van der Waals surface area contributed by atoms with Crippen molar-refractivity contribution in [2.75, 3.05) is 2.71 Å². The molecule has 42 heavy (non-hydrogen) atoms.